The summed E-state index contributed by atoms with van der Waals surface area (Å²) in [7, 11) is -3.78. The molecule has 0 radical (unpaired) electrons. The van der Waals surface area contributed by atoms with Crippen LogP contribution in [0.3, 0.4) is 0 Å². The van der Waals surface area contributed by atoms with Crippen molar-refractivity contribution in [2.75, 3.05) is 5.32 Å². The van der Waals surface area contributed by atoms with Crippen molar-refractivity contribution < 1.29 is 27.4 Å². The molecule has 1 saturated carbocycles. The molecular formula is C13H14BrFN6O5S. The Labute approximate surface area is 161 Å². The first-order chi connectivity index (χ1) is 12.7. The van der Waals surface area contributed by atoms with Crippen LogP contribution in [0.1, 0.15) is 18.5 Å². The summed E-state index contributed by atoms with van der Waals surface area (Å²) >= 11 is 3.05. The minimum atomic E-state index is -3.78. The number of aromatic nitrogens is 2. The molecule has 146 valence electrons. The molecule has 27 heavy (non-hydrogen) atoms. The molecule has 1 aliphatic rings. The molecule has 0 spiro atoms. The first-order valence-corrected chi connectivity index (χ1v) is 9.83. The zero-order valence-corrected chi connectivity index (χ0v) is 15.9. The molecule has 11 nitrogen and oxygen atoms in total. The van der Waals surface area contributed by atoms with Crippen LogP contribution < -0.4 is 19.9 Å². The van der Waals surface area contributed by atoms with E-state index in [2.05, 4.69) is 46.1 Å². The van der Waals surface area contributed by atoms with Gasteiger partial charge in [0.25, 0.3) is 16.1 Å². The number of oxime groups is 1. The lowest BCUT2D eigenvalue weighted by molar-refractivity contribution is 0.0847. The predicted octanol–water partition coefficient (Wildman–Crippen LogP) is 0.922. The van der Waals surface area contributed by atoms with E-state index < -0.39 is 16.0 Å². The summed E-state index contributed by atoms with van der Waals surface area (Å²) < 4.78 is 47.9. The summed E-state index contributed by atoms with van der Waals surface area (Å²) in [6, 6.07) is 3.74. The Kier molecular flexibility index (Phi) is 5.59. The lowest BCUT2D eigenvalue weighted by Gasteiger charge is -2.34. The van der Waals surface area contributed by atoms with E-state index >= 15 is 0 Å². The zero-order chi connectivity index (χ0) is 19.6. The first kappa shape index (κ1) is 19.5. The average Bonchev–Trinajstić information content (AvgIpc) is 3.01. The Morgan fingerprint density at radius 2 is 2.19 bits per heavy atom. The zero-order valence-electron chi connectivity index (χ0n) is 13.5. The Bertz CT molecular complexity index is 962. The number of rotatable bonds is 6. The van der Waals surface area contributed by atoms with Crippen molar-refractivity contribution in [3.63, 3.8) is 0 Å². The second-order valence-electron chi connectivity index (χ2n) is 5.69. The lowest BCUT2D eigenvalue weighted by atomic mass is 9.90. The number of nitrogens with one attached hydrogen (secondary N) is 2. The predicted molar refractivity (Wildman–Crippen MR) is 94.0 cm³/mol. The van der Waals surface area contributed by atoms with Crippen LogP contribution >= 0.6 is 15.9 Å². The van der Waals surface area contributed by atoms with Crippen LogP contribution in [0.25, 0.3) is 0 Å². The third-order valence-corrected chi connectivity index (χ3v) is 4.94. The lowest BCUT2D eigenvalue weighted by Crippen LogP contribution is -2.50. The number of nitrogens with two attached hydrogens (primary N) is 1. The van der Waals surface area contributed by atoms with Crippen LogP contribution in [0.15, 0.2) is 32.5 Å². The summed E-state index contributed by atoms with van der Waals surface area (Å²) in [5, 5.41) is 27.3. The van der Waals surface area contributed by atoms with Crippen LogP contribution in [0.2, 0.25) is 0 Å². The highest BCUT2D eigenvalue weighted by atomic mass is 79.9. The molecule has 1 aromatic carbocycles. The number of hydrogen-bond donors (Lipinski definition) is 4. The van der Waals surface area contributed by atoms with Gasteiger partial charge in [0.1, 0.15) is 11.9 Å². The number of hydrogen-bond acceptors (Lipinski definition) is 8. The third kappa shape index (κ3) is 4.91. The van der Waals surface area contributed by atoms with Crippen molar-refractivity contribution in [1.29, 1.82) is 0 Å². The summed E-state index contributed by atoms with van der Waals surface area (Å²) in [5.74, 6) is -0.637. The molecule has 1 heterocycles. The second-order valence-corrected chi connectivity index (χ2v) is 7.87. The van der Waals surface area contributed by atoms with Crippen LogP contribution in [0, 0.1) is 5.82 Å². The summed E-state index contributed by atoms with van der Waals surface area (Å²) in [6.07, 6.45) is 0.383. The molecule has 1 aromatic heterocycles. The average molecular weight is 465 g/mol. The van der Waals surface area contributed by atoms with E-state index in [4.69, 9.17) is 9.88 Å². The van der Waals surface area contributed by atoms with Gasteiger partial charge in [-0.2, -0.15) is 13.1 Å². The molecule has 14 heteroatoms. The number of benzene rings is 1. The van der Waals surface area contributed by atoms with E-state index in [1.54, 1.807) is 0 Å². The standard InChI is InChI=1S/C13H14BrFN6O5S/c14-9-5-6(1-2-10(9)15)17-12(18-22)11-13(20-26-19-11)25-8-3-7(4-8)21-27(16,23)24/h1-2,5,7-8,21-22H,3-4H2,(H,17,18)(H2,16,23,24)/t7-,8-. The minimum Gasteiger partial charge on any atom is -0.470 e. The SMILES string of the molecule is NS(=O)(=O)N[C@H]1C[C@H](Oc2nonc2/C(=N/O)Nc2ccc(F)c(Br)c2)C1. The summed E-state index contributed by atoms with van der Waals surface area (Å²) in [4.78, 5) is 0. The van der Waals surface area contributed by atoms with Gasteiger partial charge in [0.2, 0.25) is 11.5 Å². The number of halogens is 2. The minimum absolute atomic E-state index is 0.0131. The molecule has 0 amide bonds. The quantitative estimate of drug-likeness (QED) is 0.212. The van der Waals surface area contributed by atoms with Crippen molar-refractivity contribution in [2.24, 2.45) is 10.3 Å². The van der Waals surface area contributed by atoms with Crippen LogP contribution in [0.4, 0.5) is 10.1 Å². The molecule has 5 N–H and O–H groups in total. The Morgan fingerprint density at radius 3 is 2.81 bits per heavy atom. The molecule has 0 unspecified atom stereocenters. The fraction of sp³-hybridized carbons (Fsp3) is 0.308. The number of anilines is 1. The molecule has 0 bridgehead atoms. The normalized spacial score (nSPS) is 20.2. The Hall–Kier alpha value is -2.29. The van der Waals surface area contributed by atoms with E-state index in [-0.39, 0.29) is 34.0 Å². The van der Waals surface area contributed by atoms with Crippen molar-refractivity contribution in [3.8, 4) is 5.88 Å². The van der Waals surface area contributed by atoms with Crippen LogP contribution in [0.5, 0.6) is 5.88 Å². The largest absolute Gasteiger partial charge is 0.470 e. The van der Waals surface area contributed by atoms with Crippen LogP contribution in [-0.2, 0) is 10.2 Å². The van der Waals surface area contributed by atoms with Crippen molar-refractivity contribution in [3.05, 3.63) is 34.2 Å². The monoisotopic (exact) mass is 464 g/mol. The summed E-state index contributed by atoms with van der Waals surface area (Å²) in [5.41, 5.74) is 0.395. The second kappa shape index (κ2) is 7.75. The molecule has 0 aliphatic heterocycles. The van der Waals surface area contributed by atoms with E-state index in [9.17, 15) is 18.0 Å². The fourth-order valence-electron chi connectivity index (χ4n) is 2.39. The Morgan fingerprint density at radius 1 is 1.44 bits per heavy atom. The molecule has 1 fully saturated rings. The number of nitrogens with zero attached hydrogens (tertiary/aromatic N) is 3. The first-order valence-electron chi connectivity index (χ1n) is 7.49. The van der Waals surface area contributed by atoms with Gasteiger partial charge >= 0.3 is 0 Å². The van der Waals surface area contributed by atoms with E-state index in [1.165, 1.54) is 18.2 Å². The van der Waals surface area contributed by atoms with E-state index in [1.807, 2.05) is 0 Å². The van der Waals surface area contributed by atoms with Gasteiger partial charge in [-0.3, -0.25) is 0 Å². The van der Waals surface area contributed by atoms with Gasteiger partial charge in [0, 0.05) is 24.6 Å². The molecule has 1 aliphatic carbocycles. The van der Waals surface area contributed by atoms with Gasteiger partial charge in [-0.25, -0.2) is 14.2 Å². The molecule has 3 rings (SSSR count). The molecule has 2 aromatic rings. The van der Waals surface area contributed by atoms with E-state index in [0.717, 1.165) is 0 Å². The van der Waals surface area contributed by atoms with Crippen LogP contribution in [-0.4, -0.2) is 41.9 Å². The highest BCUT2D eigenvalue weighted by molar-refractivity contribution is 9.10. The highest BCUT2D eigenvalue weighted by Gasteiger charge is 2.35. The van der Waals surface area contributed by atoms with Crippen molar-refractivity contribution in [1.82, 2.24) is 15.0 Å². The van der Waals surface area contributed by atoms with Gasteiger partial charge in [0.05, 0.1) is 4.47 Å². The Balaban J connectivity index is 1.66. The maximum atomic E-state index is 13.3. The van der Waals surface area contributed by atoms with Gasteiger partial charge in [-0.1, -0.05) is 5.16 Å². The van der Waals surface area contributed by atoms with Gasteiger partial charge < -0.3 is 15.3 Å². The molecular weight excluding hydrogens is 451 g/mol. The number of ether oxygens (including phenoxy) is 1. The maximum Gasteiger partial charge on any atom is 0.287 e. The highest BCUT2D eigenvalue weighted by Crippen LogP contribution is 2.27. The van der Waals surface area contributed by atoms with Gasteiger partial charge in [-0.05, 0) is 44.4 Å². The van der Waals surface area contributed by atoms with Gasteiger partial charge in [0.15, 0.2) is 0 Å². The topological polar surface area (TPSA) is 165 Å². The van der Waals surface area contributed by atoms with Crippen molar-refractivity contribution in [2.45, 2.75) is 25.0 Å². The van der Waals surface area contributed by atoms with Gasteiger partial charge in [-0.15, -0.1) is 0 Å². The number of amidine groups is 1. The fourth-order valence-corrected chi connectivity index (χ4v) is 3.43. The third-order valence-electron chi connectivity index (χ3n) is 3.67. The summed E-state index contributed by atoms with van der Waals surface area (Å²) in [6.45, 7) is 0. The molecule has 0 atom stereocenters. The maximum absolute atomic E-state index is 13.3. The molecule has 0 saturated heterocycles. The smallest absolute Gasteiger partial charge is 0.287 e. The van der Waals surface area contributed by atoms with Crippen molar-refractivity contribution >= 4 is 37.7 Å². The van der Waals surface area contributed by atoms with E-state index in [0.29, 0.717) is 18.5 Å².